The van der Waals surface area contributed by atoms with Crippen LogP contribution in [-0.4, -0.2) is 30.3 Å². The minimum Gasteiger partial charge on any atom is -0.542 e. The van der Waals surface area contributed by atoms with Gasteiger partial charge < -0.3 is 14.9 Å². The van der Waals surface area contributed by atoms with Crippen LogP contribution in [0.2, 0.25) is 0 Å². The van der Waals surface area contributed by atoms with Crippen LogP contribution >= 0.6 is 0 Å². The van der Waals surface area contributed by atoms with E-state index < -0.39 is 0 Å². The van der Waals surface area contributed by atoms with Crippen LogP contribution in [0.15, 0.2) is 17.1 Å². The van der Waals surface area contributed by atoms with E-state index in [0.717, 1.165) is 11.3 Å². The van der Waals surface area contributed by atoms with Crippen LogP contribution in [0.25, 0.3) is 0 Å². The van der Waals surface area contributed by atoms with Gasteiger partial charge in [-0.05, 0) is 14.1 Å². The molecule has 1 aromatic heterocycles. The summed E-state index contributed by atoms with van der Waals surface area (Å²) in [5, 5.41) is 0. The maximum absolute atomic E-state index is 4.08. The molecule has 1 rings (SSSR count). The van der Waals surface area contributed by atoms with Gasteiger partial charge in [-0.3, -0.25) is 6.34 Å². The summed E-state index contributed by atoms with van der Waals surface area (Å²) in [5.41, 5.74) is 1.96. The summed E-state index contributed by atoms with van der Waals surface area (Å²) in [6, 6.07) is 3.93. The van der Waals surface area contributed by atoms with Gasteiger partial charge in [0.15, 0.2) is 0 Å². The van der Waals surface area contributed by atoms with E-state index in [0.29, 0.717) is 6.54 Å². The van der Waals surface area contributed by atoms with Crippen LogP contribution in [0.5, 0.6) is 0 Å². The summed E-state index contributed by atoms with van der Waals surface area (Å²) in [5.74, 6) is 0. The second kappa shape index (κ2) is 7.07. The third-order valence-corrected chi connectivity index (χ3v) is 1.42. The summed E-state index contributed by atoms with van der Waals surface area (Å²) in [6.45, 7) is 2.53. The molecule has 0 aromatic carbocycles. The topological polar surface area (TPSA) is 28.5 Å². The van der Waals surface area contributed by atoms with Crippen LogP contribution in [0.3, 0.4) is 0 Å². The summed E-state index contributed by atoms with van der Waals surface area (Å²) in [4.78, 5) is 9.91. The molecule has 3 nitrogen and oxygen atoms in total. The zero-order chi connectivity index (χ0) is 9.68. The fourth-order valence-electron chi connectivity index (χ4n) is 0.806. The SMILES string of the molecule is Cc1ccc(CN=[C-]N(C)C)[c-]n1.[Y]. The third-order valence-electron chi connectivity index (χ3n) is 1.42. The average Bonchev–Trinajstić information content (AvgIpc) is 2.08. The van der Waals surface area contributed by atoms with E-state index in [1.54, 1.807) is 4.90 Å². The van der Waals surface area contributed by atoms with E-state index in [4.69, 9.17) is 0 Å². The van der Waals surface area contributed by atoms with Gasteiger partial charge in [0.1, 0.15) is 0 Å². The van der Waals surface area contributed by atoms with E-state index in [1.165, 1.54) is 0 Å². The first-order valence-corrected chi connectivity index (χ1v) is 4.12. The maximum atomic E-state index is 4.08. The van der Waals surface area contributed by atoms with Crippen molar-refractivity contribution in [3.63, 3.8) is 0 Å². The number of nitrogens with zero attached hydrogens (tertiary/aromatic N) is 3. The Labute approximate surface area is 111 Å². The molecule has 0 aliphatic heterocycles. The molecule has 0 saturated heterocycles. The Morgan fingerprint density at radius 2 is 2.21 bits per heavy atom. The van der Waals surface area contributed by atoms with Crippen molar-refractivity contribution in [1.29, 1.82) is 0 Å². The third kappa shape index (κ3) is 5.45. The van der Waals surface area contributed by atoms with Crippen molar-refractivity contribution in [3.8, 4) is 0 Å². The van der Waals surface area contributed by atoms with Crippen molar-refractivity contribution in [3.05, 3.63) is 29.6 Å². The van der Waals surface area contributed by atoms with Crippen LogP contribution in [0.4, 0.5) is 0 Å². The van der Waals surface area contributed by atoms with Crippen molar-refractivity contribution < 1.29 is 32.7 Å². The molecule has 0 atom stereocenters. The quantitative estimate of drug-likeness (QED) is 0.354. The molecule has 0 N–H and O–H groups in total. The maximum Gasteiger partial charge on any atom is 0.00555 e. The molecule has 1 aromatic rings. The molecule has 0 aliphatic rings. The molecule has 0 bridgehead atoms. The monoisotopic (exact) mass is 264 g/mol. The predicted octanol–water partition coefficient (Wildman–Crippen LogP) is 1.15. The van der Waals surface area contributed by atoms with Crippen LogP contribution in [0.1, 0.15) is 11.3 Å². The van der Waals surface area contributed by atoms with Gasteiger partial charge in [-0.15, -0.1) is 5.56 Å². The summed E-state index contributed by atoms with van der Waals surface area (Å²) < 4.78 is 0. The Morgan fingerprint density at radius 1 is 1.50 bits per heavy atom. The number of aromatic nitrogens is 1. The number of aliphatic imine (C=N–C) groups is 1. The standard InChI is InChI=1S/C10H13N3.Y/c1-9-4-5-10(7-12-9)6-11-8-13(2)3;/h4-5H,6H2,1-3H3;/q-2;. The normalized spacial score (nSPS) is 9.93. The molecule has 1 radical (unpaired) electrons. The Morgan fingerprint density at radius 3 is 2.71 bits per heavy atom. The summed E-state index contributed by atoms with van der Waals surface area (Å²) in [6.07, 6.45) is 5.73. The zero-order valence-electron chi connectivity index (χ0n) is 8.78. The number of rotatable bonds is 3. The van der Waals surface area contributed by atoms with Gasteiger partial charge >= 0.3 is 0 Å². The van der Waals surface area contributed by atoms with Gasteiger partial charge in [-0.2, -0.15) is 12.1 Å². The second-order valence-electron chi connectivity index (χ2n) is 3.03. The van der Waals surface area contributed by atoms with Gasteiger partial charge in [0.05, 0.1) is 0 Å². The van der Waals surface area contributed by atoms with E-state index >= 15 is 0 Å². The largest absolute Gasteiger partial charge is 0.542 e. The smallest absolute Gasteiger partial charge is 0.00555 e. The van der Waals surface area contributed by atoms with Gasteiger partial charge in [0.2, 0.25) is 0 Å². The van der Waals surface area contributed by atoms with Gasteiger partial charge in [-0.1, -0.05) is 18.8 Å². The number of aryl methyl sites for hydroxylation is 1. The molecular weight excluding hydrogens is 251 g/mol. The molecule has 1 heterocycles. The first-order chi connectivity index (χ1) is 6.18. The molecule has 0 amide bonds. The van der Waals surface area contributed by atoms with Crippen molar-refractivity contribution >= 4 is 6.34 Å². The van der Waals surface area contributed by atoms with Crippen molar-refractivity contribution in [1.82, 2.24) is 9.88 Å². The average molecular weight is 264 g/mol. The molecule has 73 valence electrons. The first kappa shape index (κ1) is 13.7. The summed E-state index contributed by atoms with van der Waals surface area (Å²) in [7, 11) is 3.78. The van der Waals surface area contributed by atoms with Crippen molar-refractivity contribution in [2.24, 2.45) is 4.99 Å². The first-order valence-electron chi connectivity index (χ1n) is 4.12. The van der Waals surface area contributed by atoms with E-state index in [-0.39, 0.29) is 32.7 Å². The molecule has 0 fully saturated rings. The second-order valence-corrected chi connectivity index (χ2v) is 3.03. The molecule has 0 saturated carbocycles. The van der Waals surface area contributed by atoms with Crippen molar-refractivity contribution in [2.45, 2.75) is 13.5 Å². The molecule has 0 aliphatic carbocycles. The number of hydrogen-bond acceptors (Lipinski definition) is 2. The fraction of sp³-hybridized carbons (Fsp3) is 0.400. The minimum atomic E-state index is 0. The van der Waals surface area contributed by atoms with Crippen LogP contribution in [0, 0.1) is 13.1 Å². The van der Waals surface area contributed by atoms with Crippen LogP contribution < -0.4 is 0 Å². The molecule has 0 unspecified atom stereocenters. The minimum absolute atomic E-state index is 0. The van der Waals surface area contributed by atoms with Gasteiger partial charge in [0, 0.05) is 39.3 Å². The molecule has 4 heteroatoms. The van der Waals surface area contributed by atoms with Crippen LogP contribution in [-0.2, 0) is 39.3 Å². The van der Waals surface area contributed by atoms with Crippen molar-refractivity contribution in [2.75, 3.05) is 14.1 Å². The zero-order valence-corrected chi connectivity index (χ0v) is 11.6. The fourth-order valence-corrected chi connectivity index (χ4v) is 0.806. The molecule has 0 spiro atoms. The van der Waals surface area contributed by atoms with E-state index in [1.807, 2.05) is 33.2 Å². The van der Waals surface area contributed by atoms with Gasteiger partial charge in [-0.25, -0.2) is 0 Å². The Balaban J connectivity index is 0.00000169. The molecule has 14 heavy (non-hydrogen) atoms. The summed E-state index contributed by atoms with van der Waals surface area (Å²) >= 11 is 0. The Hall–Kier alpha value is -0.276. The molecular formula is C10H13N3Y-2. The van der Waals surface area contributed by atoms with Gasteiger partial charge in [0.25, 0.3) is 0 Å². The van der Waals surface area contributed by atoms with E-state index in [2.05, 4.69) is 22.5 Å². The predicted molar refractivity (Wildman–Crippen MR) is 52.6 cm³/mol. The van der Waals surface area contributed by atoms with E-state index in [9.17, 15) is 0 Å². The number of pyridine rings is 1. The number of hydrogen-bond donors (Lipinski definition) is 0. The Bertz CT molecular complexity index is 280. The Kier molecular flexibility index (Phi) is 6.93.